The number of hydrogen-bond acceptors (Lipinski definition) is 3. The normalized spacial score (nSPS) is 15.4. The molecular formula is C4H9NO3Zr. The summed E-state index contributed by atoms with van der Waals surface area (Å²) in [7, 11) is 0. The van der Waals surface area contributed by atoms with E-state index in [1.165, 1.54) is 6.92 Å². The topological polar surface area (TPSA) is 83.5 Å². The van der Waals surface area contributed by atoms with Crippen molar-refractivity contribution in [3.8, 4) is 0 Å². The predicted molar refractivity (Wildman–Crippen MR) is 27.3 cm³/mol. The molecule has 0 aromatic rings. The van der Waals surface area contributed by atoms with Gasteiger partial charge in [-0.1, -0.05) is 0 Å². The predicted octanol–water partition coefficient (Wildman–Crippen LogP) is -1.22. The van der Waals surface area contributed by atoms with Gasteiger partial charge in [0, 0.05) is 26.2 Å². The summed E-state index contributed by atoms with van der Waals surface area (Å²) in [5, 5.41) is 16.6. The minimum absolute atomic E-state index is 0. The third kappa shape index (κ3) is 4.76. The van der Waals surface area contributed by atoms with Crippen molar-refractivity contribution in [2.75, 3.05) is 0 Å². The Labute approximate surface area is 72.2 Å². The van der Waals surface area contributed by atoms with Crippen LogP contribution in [0.15, 0.2) is 0 Å². The van der Waals surface area contributed by atoms with Crippen LogP contribution in [0, 0.1) is 0 Å². The number of carboxylic acids is 1. The molecule has 0 radical (unpaired) electrons. The van der Waals surface area contributed by atoms with E-state index in [9.17, 15) is 4.79 Å². The zero-order chi connectivity index (χ0) is 6.73. The molecule has 5 heteroatoms. The van der Waals surface area contributed by atoms with Crippen LogP contribution in [0.5, 0.6) is 0 Å². The SMILES string of the molecule is C[C@@H](O)[C@H](N)C(=O)O.[Zr]. The molecular weight excluding hydrogens is 201 g/mol. The molecule has 0 aliphatic carbocycles. The molecule has 0 bridgehead atoms. The molecule has 52 valence electrons. The maximum Gasteiger partial charge on any atom is 0.323 e. The van der Waals surface area contributed by atoms with E-state index in [1.807, 2.05) is 0 Å². The zero-order valence-corrected chi connectivity index (χ0v) is 7.49. The monoisotopic (exact) mass is 209 g/mol. The van der Waals surface area contributed by atoms with Gasteiger partial charge >= 0.3 is 5.97 Å². The van der Waals surface area contributed by atoms with E-state index in [4.69, 9.17) is 15.9 Å². The van der Waals surface area contributed by atoms with Crippen molar-refractivity contribution in [1.29, 1.82) is 0 Å². The molecule has 4 nitrogen and oxygen atoms in total. The van der Waals surface area contributed by atoms with Crippen LogP contribution in [0.1, 0.15) is 6.92 Å². The van der Waals surface area contributed by atoms with Gasteiger partial charge in [-0.05, 0) is 6.92 Å². The number of nitrogens with two attached hydrogens (primary N) is 1. The average molecular weight is 210 g/mol. The number of carbonyl (C=O) groups is 1. The fourth-order valence-corrected chi connectivity index (χ4v) is 0.206. The summed E-state index contributed by atoms with van der Waals surface area (Å²) in [4.78, 5) is 9.86. The molecule has 0 saturated heterocycles. The maximum atomic E-state index is 9.86. The van der Waals surface area contributed by atoms with Gasteiger partial charge in [0.1, 0.15) is 6.04 Å². The number of aliphatic carboxylic acids is 1. The van der Waals surface area contributed by atoms with Crippen molar-refractivity contribution in [3.05, 3.63) is 0 Å². The summed E-state index contributed by atoms with van der Waals surface area (Å²) in [5.41, 5.74) is 4.91. The van der Waals surface area contributed by atoms with Gasteiger partial charge in [0.05, 0.1) is 6.10 Å². The van der Waals surface area contributed by atoms with Crippen LogP contribution in [-0.2, 0) is 31.0 Å². The number of aliphatic hydroxyl groups excluding tert-OH is 1. The van der Waals surface area contributed by atoms with Crippen molar-refractivity contribution in [1.82, 2.24) is 0 Å². The van der Waals surface area contributed by atoms with Gasteiger partial charge in [-0.15, -0.1) is 0 Å². The Morgan fingerprint density at radius 3 is 2.00 bits per heavy atom. The van der Waals surface area contributed by atoms with Gasteiger partial charge in [0.25, 0.3) is 0 Å². The van der Waals surface area contributed by atoms with Crippen LogP contribution in [0.2, 0.25) is 0 Å². The fourth-order valence-electron chi connectivity index (χ4n) is 0.206. The molecule has 0 aliphatic heterocycles. The van der Waals surface area contributed by atoms with E-state index in [0.717, 1.165) is 0 Å². The van der Waals surface area contributed by atoms with E-state index in [1.54, 1.807) is 0 Å². The van der Waals surface area contributed by atoms with Crippen molar-refractivity contribution < 1.29 is 41.2 Å². The standard InChI is InChI=1S/C4H9NO3.Zr/c1-2(6)3(5)4(7)8;/h2-3,6H,5H2,1H3,(H,7,8);/t2-,3+;/m1./s1. The second-order valence-electron chi connectivity index (χ2n) is 1.60. The molecule has 0 aliphatic rings. The van der Waals surface area contributed by atoms with Gasteiger partial charge in [-0.2, -0.15) is 0 Å². The number of carboxylic acid groups (broad SMARTS) is 1. The Hall–Kier alpha value is 0.273. The quantitative estimate of drug-likeness (QED) is 0.533. The van der Waals surface area contributed by atoms with Crippen LogP contribution in [0.4, 0.5) is 0 Å². The van der Waals surface area contributed by atoms with E-state index >= 15 is 0 Å². The molecule has 9 heavy (non-hydrogen) atoms. The molecule has 0 unspecified atom stereocenters. The maximum absolute atomic E-state index is 9.86. The molecule has 0 heterocycles. The molecule has 0 fully saturated rings. The third-order valence-electron chi connectivity index (χ3n) is 0.805. The van der Waals surface area contributed by atoms with Crippen LogP contribution in [0.3, 0.4) is 0 Å². The molecule has 0 saturated carbocycles. The van der Waals surface area contributed by atoms with E-state index < -0.39 is 18.1 Å². The van der Waals surface area contributed by atoms with Crippen LogP contribution < -0.4 is 5.73 Å². The molecule has 2 atom stereocenters. The third-order valence-corrected chi connectivity index (χ3v) is 0.805. The number of hydrogen-bond donors (Lipinski definition) is 3. The second kappa shape index (κ2) is 5.09. The smallest absolute Gasteiger partial charge is 0.323 e. The molecule has 0 aromatic carbocycles. The summed E-state index contributed by atoms with van der Waals surface area (Å²) in [6.45, 7) is 1.33. The van der Waals surface area contributed by atoms with E-state index in [-0.39, 0.29) is 26.2 Å². The van der Waals surface area contributed by atoms with Crippen LogP contribution >= 0.6 is 0 Å². The van der Waals surface area contributed by atoms with Gasteiger partial charge in [-0.3, -0.25) is 4.79 Å². The number of aliphatic hydroxyl groups is 1. The second-order valence-corrected chi connectivity index (χ2v) is 1.60. The molecule has 0 spiro atoms. The van der Waals surface area contributed by atoms with Gasteiger partial charge in [-0.25, -0.2) is 0 Å². The van der Waals surface area contributed by atoms with Crippen LogP contribution in [0.25, 0.3) is 0 Å². The summed E-state index contributed by atoms with van der Waals surface area (Å²) < 4.78 is 0. The molecule has 4 N–H and O–H groups in total. The van der Waals surface area contributed by atoms with E-state index in [2.05, 4.69) is 0 Å². The first-order valence-electron chi connectivity index (χ1n) is 2.22. The summed E-state index contributed by atoms with van der Waals surface area (Å²) in [6.07, 6.45) is -0.979. The van der Waals surface area contributed by atoms with E-state index in [0.29, 0.717) is 0 Å². The Morgan fingerprint density at radius 1 is 1.67 bits per heavy atom. The van der Waals surface area contributed by atoms with Crippen LogP contribution in [-0.4, -0.2) is 28.3 Å². The van der Waals surface area contributed by atoms with Crippen molar-refractivity contribution >= 4 is 5.97 Å². The fraction of sp³-hybridized carbons (Fsp3) is 0.750. The first-order chi connectivity index (χ1) is 3.55. The van der Waals surface area contributed by atoms with Crippen molar-refractivity contribution in [2.24, 2.45) is 5.73 Å². The largest absolute Gasteiger partial charge is 0.480 e. The van der Waals surface area contributed by atoms with Crippen molar-refractivity contribution in [3.63, 3.8) is 0 Å². The minimum atomic E-state index is -1.18. The number of rotatable bonds is 2. The molecule has 0 rings (SSSR count). The first-order valence-corrected chi connectivity index (χ1v) is 2.22. The Balaban J connectivity index is 0. The van der Waals surface area contributed by atoms with Gasteiger partial charge in [0.2, 0.25) is 0 Å². The summed E-state index contributed by atoms with van der Waals surface area (Å²) >= 11 is 0. The molecule has 0 amide bonds. The molecule has 0 aromatic heterocycles. The zero-order valence-electron chi connectivity index (χ0n) is 5.03. The summed E-state index contributed by atoms with van der Waals surface area (Å²) in [5.74, 6) is -1.18. The van der Waals surface area contributed by atoms with Gasteiger partial charge in [0.15, 0.2) is 0 Å². The average Bonchev–Trinajstić information content (AvgIpc) is 1.64. The van der Waals surface area contributed by atoms with Gasteiger partial charge < -0.3 is 15.9 Å². The Kier molecular flexibility index (Phi) is 6.78. The van der Waals surface area contributed by atoms with Crippen molar-refractivity contribution in [2.45, 2.75) is 19.1 Å². The minimum Gasteiger partial charge on any atom is -0.480 e. The Bertz CT molecular complexity index is 95.8. The first kappa shape index (κ1) is 12.0. The Morgan fingerprint density at radius 2 is 2.00 bits per heavy atom. The summed E-state index contributed by atoms with van der Waals surface area (Å²) in [6, 6.07) is -1.16.